The minimum atomic E-state index is 0.857. The zero-order valence-electron chi connectivity index (χ0n) is 13.3. The molecule has 0 fully saturated rings. The van der Waals surface area contributed by atoms with E-state index >= 15 is 0 Å². The molecule has 3 aromatic rings. The second kappa shape index (κ2) is 6.60. The van der Waals surface area contributed by atoms with Crippen molar-refractivity contribution in [2.45, 2.75) is 13.5 Å². The summed E-state index contributed by atoms with van der Waals surface area (Å²) in [5.41, 5.74) is 3.60. The first kappa shape index (κ1) is 15.2. The number of hydrogen-bond donors (Lipinski definition) is 1. The molecule has 0 aliphatic carbocycles. The van der Waals surface area contributed by atoms with Crippen LogP contribution in [0.5, 0.6) is 0 Å². The Balaban J connectivity index is 1.77. The van der Waals surface area contributed by atoms with Gasteiger partial charge in [0.2, 0.25) is 0 Å². The van der Waals surface area contributed by atoms with Gasteiger partial charge < -0.3 is 10.2 Å². The Morgan fingerprint density at radius 1 is 1.27 bits per heavy atom. The Morgan fingerprint density at radius 2 is 2.14 bits per heavy atom. The third-order valence-corrected chi connectivity index (χ3v) is 4.63. The highest BCUT2D eigenvalue weighted by molar-refractivity contribution is 7.20. The minimum absolute atomic E-state index is 0.857. The number of likely N-dealkylation sites (N-methyl/N-ethyl adjacent to an activating group) is 1. The molecular weight excluding hydrogens is 292 g/mol. The van der Waals surface area contributed by atoms with E-state index in [0.29, 0.717) is 0 Å². The Hall–Kier alpha value is -1.69. The maximum atomic E-state index is 4.76. The van der Waals surface area contributed by atoms with Crippen molar-refractivity contribution in [1.82, 2.24) is 19.8 Å². The molecule has 22 heavy (non-hydrogen) atoms. The highest BCUT2D eigenvalue weighted by Gasteiger charge is 2.09. The van der Waals surface area contributed by atoms with E-state index in [0.717, 1.165) is 30.3 Å². The normalized spacial score (nSPS) is 11.6. The van der Waals surface area contributed by atoms with Gasteiger partial charge in [-0.15, -0.1) is 0 Å². The monoisotopic (exact) mass is 314 g/mol. The van der Waals surface area contributed by atoms with E-state index in [1.165, 1.54) is 16.0 Å². The second-order valence-corrected chi connectivity index (χ2v) is 6.83. The summed E-state index contributed by atoms with van der Waals surface area (Å²) in [7, 11) is 4.18. The molecule has 0 bridgehead atoms. The SMILES string of the molecule is Cc1ccc2nc(-n3cccc3CNCCN(C)C)sc2c1. The average molecular weight is 314 g/mol. The van der Waals surface area contributed by atoms with Crippen molar-refractivity contribution in [3.63, 3.8) is 0 Å². The van der Waals surface area contributed by atoms with Gasteiger partial charge in [0, 0.05) is 31.5 Å². The van der Waals surface area contributed by atoms with Crippen LogP contribution in [-0.4, -0.2) is 41.6 Å². The van der Waals surface area contributed by atoms with E-state index < -0.39 is 0 Å². The number of nitrogens with one attached hydrogen (secondary N) is 1. The molecule has 2 heterocycles. The van der Waals surface area contributed by atoms with Crippen LogP contribution in [0.1, 0.15) is 11.3 Å². The lowest BCUT2D eigenvalue weighted by Gasteiger charge is -2.11. The summed E-state index contributed by atoms with van der Waals surface area (Å²) in [5.74, 6) is 0. The van der Waals surface area contributed by atoms with Crippen molar-refractivity contribution in [2.24, 2.45) is 0 Å². The van der Waals surface area contributed by atoms with Gasteiger partial charge in [-0.2, -0.15) is 0 Å². The van der Waals surface area contributed by atoms with E-state index in [-0.39, 0.29) is 0 Å². The van der Waals surface area contributed by atoms with E-state index in [1.807, 2.05) is 0 Å². The van der Waals surface area contributed by atoms with Crippen LogP contribution in [0, 0.1) is 6.92 Å². The van der Waals surface area contributed by atoms with Gasteiger partial charge in [0.1, 0.15) is 0 Å². The van der Waals surface area contributed by atoms with Crippen molar-refractivity contribution in [3.8, 4) is 5.13 Å². The number of thiazole rings is 1. The molecule has 0 atom stereocenters. The molecule has 116 valence electrons. The Bertz CT molecular complexity index is 757. The number of nitrogens with zero attached hydrogens (tertiary/aromatic N) is 3. The lowest BCUT2D eigenvalue weighted by atomic mass is 10.2. The van der Waals surface area contributed by atoms with Crippen LogP contribution in [0.4, 0.5) is 0 Å². The summed E-state index contributed by atoms with van der Waals surface area (Å²) in [6.07, 6.45) is 2.09. The van der Waals surface area contributed by atoms with Crippen LogP contribution in [0.25, 0.3) is 15.3 Å². The van der Waals surface area contributed by atoms with Crippen LogP contribution < -0.4 is 5.32 Å². The largest absolute Gasteiger partial charge is 0.310 e. The summed E-state index contributed by atoms with van der Waals surface area (Å²) in [4.78, 5) is 6.94. The van der Waals surface area contributed by atoms with Crippen LogP contribution in [0.15, 0.2) is 36.5 Å². The molecule has 0 spiro atoms. The molecule has 1 N–H and O–H groups in total. The van der Waals surface area contributed by atoms with Crippen molar-refractivity contribution in [2.75, 3.05) is 27.2 Å². The first-order chi connectivity index (χ1) is 10.6. The fourth-order valence-corrected chi connectivity index (χ4v) is 3.47. The van der Waals surface area contributed by atoms with E-state index in [4.69, 9.17) is 4.98 Å². The minimum Gasteiger partial charge on any atom is -0.310 e. The fraction of sp³-hybridized carbons (Fsp3) is 0.353. The molecule has 2 aromatic heterocycles. The third-order valence-electron chi connectivity index (χ3n) is 3.61. The van der Waals surface area contributed by atoms with Gasteiger partial charge in [0.05, 0.1) is 10.2 Å². The molecule has 0 radical (unpaired) electrons. The Kier molecular flexibility index (Phi) is 4.57. The lowest BCUT2D eigenvalue weighted by Crippen LogP contribution is -2.26. The summed E-state index contributed by atoms with van der Waals surface area (Å²) in [6, 6.07) is 10.7. The standard InChI is InChI=1S/C17H22N4S/c1-13-6-7-15-16(11-13)22-17(19-15)21-9-4-5-14(21)12-18-8-10-20(2)3/h4-7,9,11,18H,8,10,12H2,1-3H3. The highest BCUT2D eigenvalue weighted by Crippen LogP contribution is 2.26. The number of aromatic nitrogens is 2. The second-order valence-electron chi connectivity index (χ2n) is 5.82. The maximum absolute atomic E-state index is 4.76. The van der Waals surface area contributed by atoms with Crippen LogP contribution in [-0.2, 0) is 6.54 Å². The molecule has 1 aromatic carbocycles. The molecule has 5 heteroatoms. The van der Waals surface area contributed by atoms with Crippen LogP contribution in [0.3, 0.4) is 0 Å². The quantitative estimate of drug-likeness (QED) is 0.710. The van der Waals surface area contributed by atoms with E-state index in [9.17, 15) is 0 Å². The molecule has 4 nitrogen and oxygen atoms in total. The van der Waals surface area contributed by atoms with Crippen LogP contribution >= 0.6 is 11.3 Å². The number of hydrogen-bond acceptors (Lipinski definition) is 4. The van der Waals surface area contributed by atoms with Crippen LogP contribution in [0.2, 0.25) is 0 Å². The molecule has 0 aliphatic heterocycles. The summed E-state index contributed by atoms with van der Waals surface area (Å²) in [6.45, 7) is 5.00. The summed E-state index contributed by atoms with van der Waals surface area (Å²) >= 11 is 1.74. The van der Waals surface area contributed by atoms with E-state index in [2.05, 4.69) is 72.3 Å². The smallest absolute Gasteiger partial charge is 0.194 e. The van der Waals surface area contributed by atoms with Gasteiger partial charge in [-0.3, -0.25) is 4.57 Å². The summed E-state index contributed by atoms with van der Waals surface area (Å²) in [5, 5.41) is 4.52. The maximum Gasteiger partial charge on any atom is 0.194 e. The van der Waals surface area contributed by atoms with Gasteiger partial charge in [-0.1, -0.05) is 17.4 Å². The molecule has 3 rings (SSSR count). The molecule has 0 unspecified atom stereocenters. The zero-order chi connectivity index (χ0) is 15.5. The average Bonchev–Trinajstić information content (AvgIpc) is 3.08. The molecule has 0 amide bonds. The van der Waals surface area contributed by atoms with Crippen molar-refractivity contribution in [1.29, 1.82) is 0 Å². The third kappa shape index (κ3) is 3.38. The van der Waals surface area contributed by atoms with Gasteiger partial charge >= 0.3 is 0 Å². The predicted octanol–water partition coefficient (Wildman–Crippen LogP) is 3.05. The first-order valence-corrected chi connectivity index (χ1v) is 8.34. The van der Waals surface area contributed by atoms with Crippen molar-refractivity contribution in [3.05, 3.63) is 47.8 Å². The van der Waals surface area contributed by atoms with Crippen molar-refractivity contribution < 1.29 is 0 Å². The number of rotatable bonds is 6. The Labute approximate surface area is 135 Å². The number of fused-ring (bicyclic) bond motifs is 1. The molecular formula is C17H22N4S. The first-order valence-electron chi connectivity index (χ1n) is 7.53. The van der Waals surface area contributed by atoms with Gasteiger partial charge in [-0.05, 0) is 50.8 Å². The highest BCUT2D eigenvalue weighted by atomic mass is 32.1. The number of benzene rings is 1. The van der Waals surface area contributed by atoms with Gasteiger partial charge in [0.15, 0.2) is 5.13 Å². The zero-order valence-corrected chi connectivity index (χ0v) is 14.2. The Morgan fingerprint density at radius 3 is 2.95 bits per heavy atom. The lowest BCUT2D eigenvalue weighted by molar-refractivity contribution is 0.399. The fourth-order valence-electron chi connectivity index (χ4n) is 2.39. The summed E-state index contributed by atoms with van der Waals surface area (Å²) < 4.78 is 3.43. The predicted molar refractivity (Wildman–Crippen MR) is 93.9 cm³/mol. The topological polar surface area (TPSA) is 33.1 Å². The van der Waals surface area contributed by atoms with Gasteiger partial charge in [0.25, 0.3) is 0 Å². The van der Waals surface area contributed by atoms with E-state index in [1.54, 1.807) is 11.3 Å². The van der Waals surface area contributed by atoms with Gasteiger partial charge in [-0.25, -0.2) is 4.98 Å². The molecule has 0 aliphatic rings. The number of aryl methyl sites for hydroxylation is 1. The molecule has 0 saturated heterocycles. The molecule has 0 saturated carbocycles. The van der Waals surface area contributed by atoms with Crippen molar-refractivity contribution >= 4 is 21.6 Å².